The smallest absolute Gasteiger partial charge is 0.334 e. The first-order chi connectivity index (χ1) is 9.38. The number of ether oxygens (including phenoxy) is 2. The molecule has 0 unspecified atom stereocenters. The number of esters is 2. The van der Waals surface area contributed by atoms with Crippen molar-refractivity contribution < 1.29 is 27.8 Å². The van der Waals surface area contributed by atoms with Crippen molar-refractivity contribution in [3.63, 3.8) is 0 Å². The zero-order valence-electron chi connectivity index (χ0n) is 10.7. The molecule has 4 nitrogen and oxygen atoms in total. The summed E-state index contributed by atoms with van der Waals surface area (Å²) in [5.41, 5.74) is 0.166. The normalized spacial score (nSPS) is 11.2. The Morgan fingerprint density at radius 3 is 2.35 bits per heavy atom. The van der Waals surface area contributed by atoms with Crippen LogP contribution in [0.3, 0.4) is 0 Å². The predicted molar refractivity (Wildman–Crippen MR) is 70.7 cm³/mol. The third-order valence-corrected chi connectivity index (χ3v) is 3.07. The lowest BCUT2D eigenvalue weighted by Crippen LogP contribution is -2.11. The third kappa shape index (κ3) is 4.12. The predicted octanol–water partition coefficient (Wildman–Crippen LogP) is 2.85. The van der Waals surface area contributed by atoms with Gasteiger partial charge in [-0.3, -0.25) is 4.79 Å². The Bertz CT molecular complexity index is 570. The van der Waals surface area contributed by atoms with Gasteiger partial charge in [-0.2, -0.15) is 0 Å². The van der Waals surface area contributed by atoms with Gasteiger partial charge in [-0.1, -0.05) is 15.9 Å². The van der Waals surface area contributed by atoms with E-state index in [9.17, 15) is 18.4 Å². The minimum Gasteiger partial charge on any atom is -0.469 e. The highest BCUT2D eigenvalue weighted by Gasteiger charge is 2.16. The molecule has 1 rings (SSSR count). The van der Waals surface area contributed by atoms with E-state index in [4.69, 9.17) is 0 Å². The highest BCUT2D eigenvalue weighted by Crippen LogP contribution is 2.24. The number of halogens is 3. The van der Waals surface area contributed by atoms with Crippen molar-refractivity contribution in [2.45, 2.75) is 6.42 Å². The Balaban J connectivity index is 3.22. The van der Waals surface area contributed by atoms with Crippen molar-refractivity contribution in [3.05, 3.63) is 39.4 Å². The van der Waals surface area contributed by atoms with Gasteiger partial charge in [-0.05, 0) is 23.8 Å². The summed E-state index contributed by atoms with van der Waals surface area (Å²) in [6.07, 6.45) is 0.893. The first-order valence-electron chi connectivity index (χ1n) is 5.39. The van der Waals surface area contributed by atoms with Crippen molar-refractivity contribution in [2.75, 3.05) is 14.2 Å². The summed E-state index contributed by atoms with van der Waals surface area (Å²) in [4.78, 5) is 22.8. The fourth-order valence-electron chi connectivity index (χ4n) is 1.38. The Labute approximate surface area is 122 Å². The van der Waals surface area contributed by atoms with Crippen LogP contribution in [0.15, 0.2) is 22.2 Å². The fraction of sp³-hybridized carbons (Fsp3) is 0.231. The van der Waals surface area contributed by atoms with Crippen LogP contribution in [-0.4, -0.2) is 26.2 Å². The fourth-order valence-corrected chi connectivity index (χ4v) is 1.81. The van der Waals surface area contributed by atoms with E-state index in [1.807, 2.05) is 0 Å². The average Bonchev–Trinajstić information content (AvgIpc) is 2.42. The van der Waals surface area contributed by atoms with Gasteiger partial charge in [0.15, 0.2) is 11.6 Å². The Morgan fingerprint density at radius 2 is 1.80 bits per heavy atom. The maximum atomic E-state index is 13.2. The topological polar surface area (TPSA) is 52.6 Å². The minimum absolute atomic E-state index is 0.0361. The molecule has 0 amide bonds. The molecule has 7 heteroatoms. The molecular weight excluding hydrogens is 338 g/mol. The van der Waals surface area contributed by atoms with Crippen LogP contribution in [0.1, 0.15) is 12.0 Å². The van der Waals surface area contributed by atoms with Gasteiger partial charge in [-0.25, -0.2) is 13.6 Å². The van der Waals surface area contributed by atoms with Gasteiger partial charge in [0.1, 0.15) is 0 Å². The lowest BCUT2D eigenvalue weighted by atomic mass is 10.1. The maximum Gasteiger partial charge on any atom is 0.334 e. The molecule has 0 spiro atoms. The van der Waals surface area contributed by atoms with E-state index in [0.29, 0.717) is 0 Å². The standard InChI is InChI=1S/C13H11BrF2O4/c1-19-12(17)5-8(13(18)20-2)3-7-4-10(15)11(16)6-9(7)14/h3-4,6H,5H2,1-2H3. The van der Waals surface area contributed by atoms with Crippen LogP contribution in [0.2, 0.25) is 0 Å². The van der Waals surface area contributed by atoms with E-state index in [-0.39, 0.29) is 22.0 Å². The van der Waals surface area contributed by atoms with Gasteiger partial charge in [0.25, 0.3) is 0 Å². The molecule has 0 fully saturated rings. The van der Waals surface area contributed by atoms with Crippen LogP contribution < -0.4 is 0 Å². The van der Waals surface area contributed by atoms with Crippen LogP contribution in [0.25, 0.3) is 6.08 Å². The van der Waals surface area contributed by atoms with Crippen LogP contribution in [0.4, 0.5) is 8.78 Å². The number of hydrogen-bond acceptors (Lipinski definition) is 4. The van der Waals surface area contributed by atoms with Crippen LogP contribution in [0.5, 0.6) is 0 Å². The van der Waals surface area contributed by atoms with E-state index >= 15 is 0 Å². The second-order valence-electron chi connectivity index (χ2n) is 3.70. The van der Waals surface area contributed by atoms with Crippen molar-refractivity contribution >= 4 is 33.9 Å². The number of carbonyl (C=O) groups excluding carboxylic acids is 2. The maximum absolute atomic E-state index is 13.2. The Morgan fingerprint density at radius 1 is 1.20 bits per heavy atom. The Kier molecular flexibility index (Phi) is 5.82. The summed E-state index contributed by atoms with van der Waals surface area (Å²) in [6.45, 7) is 0. The average molecular weight is 349 g/mol. The van der Waals surface area contributed by atoms with Gasteiger partial charge in [-0.15, -0.1) is 0 Å². The van der Waals surface area contributed by atoms with E-state index in [1.54, 1.807) is 0 Å². The van der Waals surface area contributed by atoms with E-state index in [0.717, 1.165) is 19.2 Å². The quantitative estimate of drug-likeness (QED) is 0.477. The SMILES string of the molecule is COC(=O)CC(=Cc1cc(F)c(F)cc1Br)C(=O)OC. The van der Waals surface area contributed by atoms with Crippen LogP contribution in [-0.2, 0) is 19.1 Å². The number of methoxy groups -OCH3 is 2. The monoisotopic (exact) mass is 348 g/mol. The molecule has 1 aromatic carbocycles. The first kappa shape index (κ1) is 16.3. The van der Waals surface area contributed by atoms with Gasteiger partial charge < -0.3 is 9.47 Å². The molecule has 0 aromatic heterocycles. The summed E-state index contributed by atoms with van der Waals surface area (Å²) in [5, 5.41) is 0. The molecule has 0 saturated carbocycles. The first-order valence-corrected chi connectivity index (χ1v) is 6.18. The van der Waals surface area contributed by atoms with E-state index in [1.165, 1.54) is 13.2 Å². The van der Waals surface area contributed by atoms with Crippen molar-refractivity contribution in [1.29, 1.82) is 0 Å². The molecule has 0 aliphatic rings. The lowest BCUT2D eigenvalue weighted by Gasteiger charge is -2.06. The molecule has 0 aliphatic heterocycles. The number of benzene rings is 1. The van der Waals surface area contributed by atoms with Crippen LogP contribution >= 0.6 is 15.9 Å². The lowest BCUT2D eigenvalue weighted by molar-refractivity contribution is -0.143. The van der Waals surface area contributed by atoms with Crippen molar-refractivity contribution in [3.8, 4) is 0 Å². The summed E-state index contributed by atoms with van der Waals surface area (Å²) in [7, 11) is 2.32. The molecule has 0 N–H and O–H groups in total. The van der Waals surface area contributed by atoms with Crippen molar-refractivity contribution in [2.24, 2.45) is 0 Å². The summed E-state index contributed by atoms with van der Waals surface area (Å²) in [6, 6.07) is 1.83. The molecule has 1 aromatic rings. The zero-order valence-corrected chi connectivity index (χ0v) is 12.3. The van der Waals surface area contributed by atoms with Gasteiger partial charge in [0, 0.05) is 10.0 Å². The molecular formula is C13H11BrF2O4. The van der Waals surface area contributed by atoms with E-state index < -0.39 is 23.6 Å². The molecule has 0 atom stereocenters. The van der Waals surface area contributed by atoms with Crippen molar-refractivity contribution in [1.82, 2.24) is 0 Å². The summed E-state index contributed by atoms with van der Waals surface area (Å²) >= 11 is 3.04. The third-order valence-electron chi connectivity index (χ3n) is 2.38. The summed E-state index contributed by atoms with van der Waals surface area (Å²) < 4.78 is 35.4. The second-order valence-corrected chi connectivity index (χ2v) is 4.56. The second kappa shape index (κ2) is 7.14. The van der Waals surface area contributed by atoms with Crippen LogP contribution in [0, 0.1) is 11.6 Å². The minimum atomic E-state index is -1.07. The zero-order chi connectivity index (χ0) is 15.3. The largest absolute Gasteiger partial charge is 0.469 e. The highest BCUT2D eigenvalue weighted by molar-refractivity contribution is 9.10. The van der Waals surface area contributed by atoms with E-state index in [2.05, 4.69) is 25.4 Å². The molecule has 0 saturated heterocycles. The molecule has 20 heavy (non-hydrogen) atoms. The molecule has 0 radical (unpaired) electrons. The number of rotatable bonds is 4. The molecule has 0 bridgehead atoms. The van der Waals surface area contributed by atoms with Gasteiger partial charge >= 0.3 is 11.9 Å². The molecule has 0 aliphatic carbocycles. The highest BCUT2D eigenvalue weighted by atomic mass is 79.9. The summed E-state index contributed by atoms with van der Waals surface area (Å²) in [5.74, 6) is -3.50. The van der Waals surface area contributed by atoms with Gasteiger partial charge in [0.05, 0.1) is 20.6 Å². The number of carbonyl (C=O) groups is 2. The van der Waals surface area contributed by atoms with Gasteiger partial charge in [0.2, 0.25) is 0 Å². The number of hydrogen-bond donors (Lipinski definition) is 0. The molecule has 0 heterocycles. The Hall–Kier alpha value is -1.76. The molecule has 108 valence electrons.